The van der Waals surface area contributed by atoms with Crippen molar-refractivity contribution in [2.45, 2.75) is 117 Å². The van der Waals surface area contributed by atoms with Crippen LogP contribution < -0.4 is 15.6 Å². The molecular formula is C58H75F3N8O8. The highest BCUT2D eigenvalue weighted by Gasteiger charge is 2.53. The molecule has 3 amide bonds. The zero-order valence-electron chi connectivity index (χ0n) is 45.6. The van der Waals surface area contributed by atoms with Crippen LogP contribution in [0, 0.1) is 29.1 Å². The summed E-state index contributed by atoms with van der Waals surface area (Å²) in [6.45, 7) is 19.2. The van der Waals surface area contributed by atoms with Gasteiger partial charge in [0.2, 0.25) is 5.91 Å². The molecular weight excluding hydrogens is 994 g/mol. The summed E-state index contributed by atoms with van der Waals surface area (Å²) in [4.78, 5) is 68.4. The molecule has 4 aromatic rings. The van der Waals surface area contributed by atoms with Gasteiger partial charge in [-0.2, -0.15) is 13.2 Å². The molecule has 19 heteroatoms. The van der Waals surface area contributed by atoms with Gasteiger partial charge in [0.15, 0.2) is 0 Å². The number of fused-ring (bicyclic) bond motifs is 8. The predicted octanol–water partition coefficient (Wildman–Crippen LogP) is 7.46. The van der Waals surface area contributed by atoms with E-state index in [0.717, 1.165) is 45.4 Å². The Kier molecular flexibility index (Phi) is 16.2. The Bertz CT molecular complexity index is 2880. The van der Waals surface area contributed by atoms with Crippen LogP contribution in [0.25, 0.3) is 33.3 Å². The third-order valence-corrected chi connectivity index (χ3v) is 16.7. The summed E-state index contributed by atoms with van der Waals surface area (Å²) >= 11 is 0. The lowest BCUT2D eigenvalue weighted by Gasteiger charge is -2.40. The molecule has 3 N–H and O–H groups in total. The van der Waals surface area contributed by atoms with E-state index in [2.05, 4.69) is 65.8 Å². The molecule has 9 atom stereocenters. The number of hydrogen-bond acceptors (Lipinski definition) is 12. The number of methoxy groups -OCH3 is 1. The van der Waals surface area contributed by atoms with Crippen molar-refractivity contribution in [2.24, 2.45) is 29.1 Å². The average Bonchev–Trinajstić information content (AvgIpc) is 4.14. The van der Waals surface area contributed by atoms with Crippen LogP contribution in [0.3, 0.4) is 0 Å². The number of aromatic hydroxyl groups is 1. The first kappa shape index (κ1) is 55.7. The highest BCUT2D eigenvalue weighted by molar-refractivity contribution is 5.96. The normalized spacial score (nSPS) is 24.9. The van der Waals surface area contributed by atoms with E-state index in [4.69, 9.17) is 19.2 Å². The molecule has 16 nitrogen and oxygen atoms in total. The Labute approximate surface area is 449 Å². The Morgan fingerprint density at radius 3 is 2.49 bits per heavy atom. The number of piperazine rings is 1. The first-order chi connectivity index (χ1) is 36.6. The van der Waals surface area contributed by atoms with Crippen molar-refractivity contribution >= 4 is 40.3 Å². The van der Waals surface area contributed by atoms with Crippen LogP contribution in [-0.2, 0) is 52.8 Å². The maximum Gasteiger partial charge on any atom is 0.390 e. The molecule has 2 aromatic heterocycles. The number of pyridine rings is 1. The number of anilines is 1. The lowest BCUT2D eigenvalue weighted by molar-refractivity contribution is -0.174. The lowest BCUT2D eigenvalue weighted by atomic mass is 9.84. The van der Waals surface area contributed by atoms with Gasteiger partial charge in [0.1, 0.15) is 30.0 Å². The number of rotatable bonds is 14. The number of phenolic OH excluding ortho intramolecular Hbond substituents is 1. The van der Waals surface area contributed by atoms with Gasteiger partial charge in [0.05, 0.1) is 49.0 Å². The van der Waals surface area contributed by atoms with E-state index in [9.17, 15) is 37.5 Å². The summed E-state index contributed by atoms with van der Waals surface area (Å²) in [6, 6.07) is 10.3. The number of aryl methyl sites for hydroxylation is 1. The van der Waals surface area contributed by atoms with Crippen LogP contribution in [0.2, 0.25) is 0 Å². The lowest BCUT2D eigenvalue weighted by Crippen LogP contribution is -2.63. The molecule has 6 heterocycles. The van der Waals surface area contributed by atoms with Crippen molar-refractivity contribution in [2.75, 3.05) is 71.5 Å². The Morgan fingerprint density at radius 2 is 1.83 bits per heavy atom. The molecule has 4 fully saturated rings. The monoisotopic (exact) mass is 1070 g/mol. The van der Waals surface area contributed by atoms with Crippen molar-refractivity contribution in [1.82, 2.24) is 35.1 Å². The molecule has 1 aliphatic carbocycles. The maximum absolute atomic E-state index is 15.0. The number of nitrogens with zero attached hydrogens (tertiary/aromatic N) is 6. The molecule has 416 valence electrons. The number of hydrogen-bond donors (Lipinski definition) is 3. The summed E-state index contributed by atoms with van der Waals surface area (Å²) in [6.07, 6.45) is -0.930. The van der Waals surface area contributed by atoms with Gasteiger partial charge in [-0.3, -0.25) is 34.1 Å². The quantitative estimate of drug-likeness (QED) is 0.0843. The number of phenols is 1. The fourth-order valence-electron chi connectivity index (χ4n) is 11.9. The molecule has 4 aliphatic heterocycles. The maximum atomic E-state index is 15.0. The molecule has 0 radical (unpaired) electrons. The number of aromatic nitrogens is 2. The van der Waals surface area contributed by atoms with E-state index >= 15 is 0 Å². The Morgan fingerprint density at radius 1 is 1.08 bits per heavy atom. The number of hydrazine groups is 1. The third kappa shape index (κ3) is 11.7. The number of alkyl halides is 3. The summed E-state index contributed by atoms with van der Waals surface area (Å²) in [7, 11) is 3.20. The number of esters is 1. The van der Waals surface area contributed by atoms with E-state index in [1.165, 1.54) is 9.91 Å². The number of halogens is 3. The number of nitrogens with one attached hydrogen (secondary N) is 2. The Hall–Kier alpha value is -6.02. The van der Waals surface area contributed by atoms with Crippen molar-refractivity contribution in [3.8, 4) is 28.1 Å². The van der Waals surface area contributed by atoms with Crippen molar-refractivity contribution in [3.63, 3.8) is 0 Å². The number of benzene rings is 2. The number of carbonyl (C=O) groups is 4. The molecule has 6 bridgehead atoms. The minimum Gasteiger partial charge on any atom is -0.508 e. The molecule has 3 saturated heterocycles. The molecule has 77 heavy (non-hydrogen) atoms. The second kappa shape index (κ2) is 22.4. The van der Waals surface area contributed by atoms with Gasteiger partial charge in [-0.25, -0.2) is 5.43 Å². The SMILES string of the molecule is C=C[C@@H](C)[C@@H](C(=O)N[C@H]1Cc2cc(O)cc(c2)-c2ccc3c(c2)c(c(-c2cc(N4CCN(CCC(F)(F)F)CC4)cnc2[C@H](C)OC)n3CC)CC(C)(C)COC(=O)[C@H]2NN(CC3C[C@@H]32)C1=O)N(C)C(=O)[C@@H]1OC[C@@H]1CC. The van der Waals surface area contributed by atoms with Gasteiger partial charge in [-0.1, -0.05) is 45.9 Å². The largest absolute Gasteiger partial charge is 0.508 e. The van der Waals surface area contributed by atoms with E-state index in [0.29, 0.717) is 75.5 Å². The Balaban J connectivity index is 1.13. The van der Waals surface area contributed by atoms with Crippen molar-refractivity contribution < 1.29 is 51.7 Å². The van der Waals surface area contributed by atoms with E-state index in [1.54, 1.807) is 39.3 Å². The van der Waals surface area contributed by atoms with E-state index in [1.807, 2.05) is 37.1 Å². The summed E-state index contributed by atoms with van der Waals surface area (Å²) in [5.41, 5.74) is 9.76. The van der Waals surface area contributed by atoms with Gasteiger partial charge in [0.25, 0.3) is 11.8 Å². The number of carbonyl (C=O) groups excluding carboxylic acids is 4. The third-order valence-electron chi connectivity index (χ3n) is 16.7. The van der Waals surface area contributed by atoms with Crippen LogP contribution in [-0.4, -0.2) is 150 Å². The molecule has 1 saturated carbocycles. The minimum atomic E-state index is -4.22. The summed E-state index contributed by atoms with van der Waals surface area (Å²) in [5.74, 6) is -2.45. The second-order valence-corrected chi connectivity index (χ2v) is 22.7. The van der Waals surface area contributed by atoms with Crippen molar-refractivity contribution in [3.05, 3.63) is 78.1 Å². The highest BCUT2D eigenvalue weighted by Crippen LogP contribution is 2.46. The number of ether oxygens (including phenoxy) is 3. The number of likely N-dealkylation sites (N-methyl/N-ethyl adjacent to an activating group) is 1. The first-order valence-corrected chi connectivity index (χ1v) is 27.2. The molecule has 0 spiro atoms. The summed E-state index contributed by atoms with van der Waals surface area (Å²) < 4.78 is 59.7. The zero-order chi connectivity index (χ0) is 55.2. The van der Waals surface area contributed by atoms with Gasteiger partial charge in [-0.15, -0.1) is 6.58 Å². The summed E-state index contributed by atoms with van der Waals surface area (Å²) in [5, 5.41) is 16.9. The van der Waals surface area contributed by atoms with Gasteiger partial charge in [-0.05, 0) is 97.5 Å². The molecule has 2 aromatic carbocycles. The average molecular weight is 1070 g/mol. The van der Waals surface area contributed by atoms with Crippen LogP contribution in [0.15, 0.2) is 61.3 Å². The van der Waals surface area contributed by atoms with Crippen LogP contribution >= 0.6 is 0 Å². The zero-order valence-corrected chi connectivity index (χ0v) is 45.6. The fourth-order valence-corrected chi connectivity index (χ4v) is 11.9. The molecule has 1 unspecified atom stereocenters. The highest BCUT2D eigenvalue weighted by atomic mass is 19.4. The molecule has 9 rings (SSSR count). The van der Waals surface area contributed by atoms with Gasteiger partial charge < -0.3 is 39.0 Å². The minimum absolute atomic E-state index is 0.0207. The fraction of sp³-hybridized carbons (Fsp3) is 0.569. The topological polar surface area (TPSA) is 171 Å². The second-order valence-electron chi connectivity index (χ2n) is 22.7. The standard InChI is InChI=1S/C58H75F3N8O8/c1-10-33(4)50(65(8)55(73)52-36(11-2)31-76-52)53(71)63-46-23-35-21-38(24-41(70)22-35)37-13-14-47-43(25-37)45(28-57(6,7)32-77-56(74)49-42-26-39(42)30-69(64-49)54(46)72)51(68(47)12-3)44-27-40(29-62-48(44)34(5)75-9)67-19-17-66(18-20-67)16-15-58(59,60)61/h10,13-14,21-22,24-25,27,29,33-34,36,39,42,46,49-50,52,64,70H,1,11-12,15-20,23,26,28,30-32H2,2-9H3,(H,63,71)/t33-,34+,36+,39?,42+,46+,49+,50+,52-/m1/s1. The molecule has 5 aliphatic rings. The van der Waals surface area contributed by atoms with Gasteiger partial charge >= 0.3 is 12.1 Å². The smallest absolute Gasteiger partial charge is 0.390 e. The van der Waals surface area contributed by atoms with Gasteiger partial charge in [0, 0.05) is 100 Å². The van der Waals surface area contributed by atoms with Crippen molar-refractivity contribution in [1.29, 1.82) is 0 Å². The van der Waals surface area contributed by atoms with E-state index < -0.39 is 72.0 Å². The number of amides is 3. The van der Waals surface area contributed by atoms with Crippen LogP contribution in [0.4, 0.5) is 18.9 Å². The van der Waals surface area contributed by atoms with Crippen LogP contribution in [0.1, 0.15) is 83.7 Å². The number of cyclic esters (lactones) is 1. The predicted molar refractivity (Wildman–Crippen MR) is 286 cm³/mol. The van der Waals surface area contributed by atoms with E-state index in [-0.39, 0.29) is 49.0 Å². The first-order valence-electron chi connectivity index (χ1n) is 27.2. The van der Waals surface area contributed by atoms with Crippen LogP contribution in [0.5, 0.6) is 5.75 Å².